The number of ether oxygens (including phenoxy) is 1. The molecule has 58 valence electrons. The van der Waals surface area contributed by atoms with E-state index in [9.17, 15) is 4.79 Å². The van der Waals surface area contributed by atoms with Crippen LogP contribution in [0, 0.1) is 11.3 Å². The Morgan fingerprint density at radius 3 is 2.80 bits per heavy atom. The first-order valence-electron chi connectivity index (χ1n) is 3.38. The van der Waals surface area contributed by atoms with Crippen LogP contribution in [-0.2, 0) is 9.53 Å². The van der Waals surface area contributed by atoms with Crippen molar-refractivity contribution in [3.8, 4) is 0 Å². The zero-order valence-electron chi connectivity index (χ0n) is 6.39. The molecule has 0 aromatic rings. The van der Waals surface area contributed by atoms with Gasteiger partial charge in [-0.3, -0.25) is 4.79 Å². The Bertz CT molecular complexity index is 123. The van der Waals surface area contributed by atoms with Crippen molar-refractivity contribution in [3.05, 3.63) is 0 Å². The summed E-state index contributed by atoms with van der Waals surface area (Å²) < 4.78 is 4.71. The SMILES string of the molecule is CCOC(=O)[C@H](C)CC=N. The van der Waals surface area contributed by atoms with Gasteiger partial charge in [0.25, 0.3) is 0 Å². The summed E-state index contributed by atoms with van der Waals surface area (Å²) in [6.45, 7) is 3.94. The lowest BCUT2D eigenvalue weighted by Gasteiger charge is -2.05. The van der Waals surface area contributed by atoms with Gasteiger partial charge >= 0.3 is 5.97 Å². The van der Waals surface area contributed by atoms with E-state index in [4.69, 9.17) is 10.1 Å². The number of hydrogen-bond acceptors (Lipinski definition) is 3. The fourth-order valence-corrected chi connectivity index (χ4v) is 0.558. The van der Waals surface area contributed by atoms with Gasteiger partial charge in [-0.25, -0.2) is 0 Å². The van der Waals surface area contributed by atoms with Crippen molar-refractivity contribution in [3.63, 3.8) is 0 Å². The van der Waals surface area contributed by atoms with Crippen LogP contribution in [-0.4, -0.2) is 18.8 Å². The summed E-state index contributed by atoms with van der Waals surface area (Å²) in [7, 11) is 0. The number of esters is 1. The first kappa shape index (κ1) is 9.14. The topological polar surface area (TPSA) is 50.2 Å². The molecule has 0 amide bonds. The number of carbonyl (C=O) groups excluding carboxylic acids is 1. The van der Waals surface area contributed by atoms with Gasteiger partial charge in [-0.2, -0.15) is 0 Å². The van der Waals surface area contributed by atoms with Crippen molar-refractivity contribution in [2.45, 2.75) is 20.3 Å². The van der Waals surface area contributed by atoms with E-state index in [1.54, 1.807) is 13.8 Å². The van der Waals surface area contributed by atoms with Crippen LogP contribution < -0.4 is 0 Å². The largest absolute Gasteiger partial charge is 0.466 e. The zero-order chi connectivity index (χ0) is 7.98. The zero-order valence-corrected chi connectivity index (χ0v) is 6.39. The molecule has 10 heavy (non-hydrogen) atoms. The summed E-state index contributed by atoms with van der Waals surface area (Å²) in [5.74, 6) is -0.386. The van der Waals surface area contributed by atoms with E-state index in [2.05, 4.69) is 0 Å². The second-order valence-corrected chi connectivity index (χ2v) is 2.09. The van der Waals surface area contributed by atoms with Crippen molar-refractivity contribution in [1.29, 1.82) is 5.41 Å². The quantitative estimate of drug-likeness (QED) is 0.475. The van der Waals surface area contributed by atoms with Gasteiger partial charge in [-0.05, 0) is 19.6 Å². The summed E-state index contributed by atoms with van der Waals surface area (Å²) in [6.07, 6.45) is 1.69. The van der Waals surface area contributed by atoms with Crippen LogP contribution in [0.25, 0.3) is 0 Å². The molecule has 0 fully saturated rings. The predicted molar refractivity (Wildman–Crippen MR) is 39.2 cm³/mol. The van der Waals surface area contributed by atoms with Crippen LogP contribution in [0.2, 0.25) is 0 Å². The third kappa shape index (κ3) is 3.22. The smallest absolute Gasteiger partial charge is 0.309 e. The van der Waals surface area contributed by atoms with Gasteiger partial charge in [0.05, 0.1) is 12.5 Å². The molecule has 0 aromatic carbocycles. The highest BCUT2D eigenvalue weighted by Gasteiger charge is 2.11. The monoisotopic (exact) mass is 143 g/mol. The van der Waals surface area contributed by atoms with Gasteiger partial charge in [-0.15, -0.1) is 0 Å². The normalized spacial score (nSPS) is 12.2. The lowest BCUT2D eigenvalue weighted by atomic mass is 10.1. The molecular formula is C7H13NO2. The minimum absolute atomic E-state index is 0.169. The molecule has 0 radical (unpaired) electrons. The first-order valence-corrected chi connectivity index (χ1v) is 3.38. The molecule has 3 heteroatoms. The summed E-state index contributed by atoms with van der Waals surface area (Å²) in [5, 5.41) is 6.73. The third-order valence-electron chi connectivity index (χ3n) is 1.16. The Hall–Kier alpha value is -0.860. The minimum Gasteiger partial charge on any atom is -0.466 e. The van der Waals surface area contributed by atoms with E-state index in [1.807, 2.05) is 0 Å². The average molecular weight is 143 g/mol. The number of carbonyl (C=O) groups is 1. The van der Waals surface area contributed by atoms with E-state index >= 15 is 0 Å². The van der Waals surface area contributed by atoms with Crippen molar-refractivity contribution in [1.82, 2.24) is 0 Å². The van der Waals surface area contributed by atoms with Crippen LogP contribution >= 0.6 is 0 Å². The van der Waals surface area contributed by atoms with Gasteiger partial charge in [0, 0.05) is 0 Å². The summed E-state index contributed by atoms with van der Waals surface area (Å²) in [4.78, 5) is 10.8. The average Bonchev–Trinajstić information content (AvgIpc) is 1.89. The van der Waals surface area contributed by atoms with Gasteiger partial charge in [0.15, 0.2) is 0 Å². The summed E-state index contributed by atoms with van der Waals surface area (Å²) >= 11 is 0. The second-order valence-electron chi connectivity index (χ2n) is 2.09. The number of nitrogens with one attached hydrogen (secondary N) is 1. The molecule has 0 aliphatic rings. The van der Waals surface area contributed by atoms with Crippen molar-refractivity contribution < 1.29 is 9.53 Å². The molecular weight excluding hydrogens is 130 g/mol. The lowest BCUT2D eigenvalue weighted by Crippen LogP contribution is -2.14. The van der Waals surface area contributed by atoms with Gasteiger partial charge in [0.1, 0.15) is 0 Å². The fourth-order valence-electron chi connectivity index (χ4n) is 0.558. The fraction of sp³-hybridized carbons (Fsp3) is 0.714. The number of rotatable bonds is 4. The highest BCUT2D eigenvalue weighted by atomic mass is 16.5. The molecule has 0 rings (SSSR count). The molecule has 1 N–H and O–H groups in total. The van der Waals surface area contributed by atoms with Crippen molar-refractivity contribution >= 4 is 12.2 Å². The molecule has 3 nitrogen and oxygen atoms in total. The Balaban J connectivity index is 3.58. The molecule has 0 aliphatic heterocycles. The van der Waals surface area contributed by atoms with E-state index in [-0.39, 0.29) is 11.9 Å². The second kappa shape index (κ2) is 4.97. The maximum Gasteiger partial charge on any atom is 0.309 e. The van der Waals surface area contributed by atoms with E-state index in [1.165, 1.54) is 6.21 Å². The molecule has 0 spiro atoms. The van der Waals surface area contributed by atoms with Gasteiger partial charge in [0.2, 0.25) is 0 Å². The maximum absolute atomic E-state index is 10.8. The Morgan fingerprint density at radius 1 is 1.80 bits per heavy atom. The van der Waals surface area contributed by atoms with Crippen molar-refractivity contribution in [2.75, 3.05) is 6.61 Å². The molecule has 0 aliphatic carbocycles. The van der Waals surface area contributed by atoms with Crippen LogP contribution in [0.4, 0.5) is 0 Å². The van der Waals surface area contributed by atoms with Gasteiger partial charge < -0.3 is 10.1 Å². The van der Waals surface area contributed by atoms with E-state index < -0.39 is 0 Å². The predicted octanol–water partition coefficient (Wildman–Crippen LogP) is 1.23. The highest BCUT2D eigenvalue weighted by Crippen LogP contribution is 2.01. The highest BCUT2D eigenvalue weighted by molar-refractivity contribution is 5.75. The molecule has 0 heterocycles. The molecule has 0 saturated carbocycles. The van der Waals surface area contributed by atoms with E-state index in [0.29, 0.717) is 13.0 Å². The molecule has 0 saturated heterocycles. The first-order chi connectivity index (χ1) is 4.72. The summed E-state index contributed by atoms with van der Waals surface area (Å²) in [6, 6.07) is 0. The Kier molecular flexibility index (Phi) is 4.54. The minimum atomic E-state index is -0.217. The lowest BCUT2D eigenvalue weighted by molar-refractivity contribution is -0.147. The molecule has 0 aromatic heterocycles. The standard InChI is InChI=1S/C7H13NO2/c1-3-10-7(9)6(2)4-5-8/h5-6,8H,3-4H2,1-2H3/t6-/m1/s1. The number of hydrogen-bond donors (Lipinski definition) is 1. The van der Waals surface area contributed by atoms with E-state index in [0.717, 1.165) is 0 Å². The van der Waals surface area contributed by atoms with Crippen LogP contribution in [0.15, 0.2) is 0 Å². The molecule has 0 bridgehead atoms. The van der Waals surface area contributed by atoms with Crippen LogP contribution in [0.5, 0.6) is 0 Å². The molecule has 0 unspecified atom stereocenters. The van der Waals surface area contributed by atoms with Crippen LogP contribution in [0.1, 0.15) is 20.3 Å². The Morgan fingerprint density at radius 2 is 2.40 bits per heavy atom. The third-order valence-corrected chi connectivity index (χ3v) is 1.16. The van der Waals surface area contributed by atoms with Crippen LogP contribution in [0.3, 0.4) is 0 Å². The van der Waals surface area contributed by atoms with Crippen molar-refractivity contribution in [2.24, 2.45) is 5.92 Å². The Labute approximate surface area is 60.9 Å². The summed E-state index contributed by atoms with van der Waals surface area (Å²) in [5.41, 5.74) is 0. The maximum atomic E-state index is 10.8. The van der Waals surface area contributed by atoms with Gasteiger partial charge in [-0.1, -0.05) is 6.92 Å². The molecule has 1 atom stereocenters.